The maximum absolute atomic E-state index is 4.69. The molecule has 4 nitrogen and oxygen atoms in total. The predicted molar refractivity (Wildman–Crippen MR) is 66.9 cm³/mol. The van der Waals surface area contributed by atoms with Gasteiger partial charge in [0.2, 0.25) is 0 Å². The maximum atomic E-state index is 4.69. The van der Waals surface area contributed by atoms with E-state index in [0.29, 0.717) is 5.92 Å². The van der Waals surface area contributed by atoms with Crippen LogP contribution in [0.2, 0.25) is 0 Å². The Hall–Kier alpha value is -0.900. The largest absolute Gasteiger partial charge is 0.316 e. The summed E-state index contributed by atoms with van der Waals surface area (Å²) in [6.45, 7) is 2.32. The summed E-state index contributed by atoms with van der Waals surface area (Å²) in [6.07, 6.45) is 8.94. The van der Waals surface area contributed by atoms with Crippen molar-refractivity contribution in [3.05, 3.63) is 11.6 Å². The lowest BCUT2D eigenvalue weighted by Gasteiger charge is -2.21. The number of nitrogens with zero attached hydrogens (tertiary/aromatic N) is 2. The van der Waals surface area contributed by atoms with E-state index in [9.17, 15) is 0 Å². The van der Waals surface area contributed by atoms with Crippen LogP contribution >= 0.6 is 0 Å². The molecule has 1 saturated heterocycles. The number of hydrogen-bond donors (Lipinski definition) is 2. The van der Waals surface area contributed by atoms with Crippen molar-refractivity contribution in [3.8, 4) is 0 Å². The molecule has 0 spiro atoms. The summed E-state index contributed by atoms with van der Waals surface area (Å²) in [5.74, 6) is 3.54. The average molecular weight is 234 g/mol. The second-order valence-corrected chi connectivity index (χ2v) is 5.54. The van der Waals surface area contributed by atoms with Gasteiger partial charge in [-0.3, -0.25) is 5.10 Å². The predicted octanol–water partition coefficient (Wildman–Crippen LogP) is 2.00. The third kappa shape index (κ3) is 2.68. The number of nitrogens with one attached hydrogen (secondary N) is 2. The minimum Gasteiger partial charge on any atom is -0.316 e. The first-order valence-corrected chi connectivity index (χ1v) is 7.04. The summed E-state index contributed by atoms with van der Waals surface area (Å²) in [5.41, 5.74) is 0. The summed E-state index contributed by atoms with van der Waals surface area (Å²) in [5, 5.41) is 11.0. The second kappa shape index (κ2) is 5.17. The summed E-state index contributed by atoms with van der Waals surface area (Å²) in [6, 6.07) is 0. The van der Waals surface area contributed by atoms with Crippen LogP contribution in [0.5, 0.6) is 0 Å². The number of rotatable bonds is 3. The fourth-order valence-electron chi connectivity index (χ4n) is 3.14. The minimum absolute atomic E-state index is 0.629. The molecule has 17 heavy (non-hydrogen) atoms. The fraction of sp³-hybridized carbons (Fsp3) is 0.846. The molecule has 2 aliphatic rings. The molecular weight excluding hydrogens is 212 g/mol. The van der Waals surface area contributed by atoms with E-state index >= 15 is 0 Å². The molecule has 94 valence electrons. The quantitative estimate of drug-likeness (QED) is 0.841. The van der Waals surface area contributed by atoms with Crippen molar-refractivity contribution in [1.29, 1.82) is 0 Å². The Labute approximate surface area is 103 Å². The van der Waals surface area contributed by atoms with Crippen LogP contribution in [0.4, 0.5) is 0 Å². The highest BCUT2D eigenvalue weighted by molar-refractivity contribution is 5.00. The number of aromatic nitrogens is 3. The van der Waals surface area contributed by atoms with Crippen LogP contribution in [-0.2, 0) is 6.42 Å². The van der Waals surface area contributed by atoms with Crippen LogP contribution in [0.1, 0.15) is 56.1 Å². The van der Waals surface area contributed by atoms with E-state index in [0.717, 1.165) is 30.5 Å². The molecule has 1 aromatic heterocycles. The summed E-state index contributed by atoms with van der Waals surface area (Å²) >= 11 is 0. The van der Waals surface area contributed by atoms with Gasteiger partial charge in [-0.2, -0.15) is 5.10 Å². The molecular formula is C13H22N4. The Balaban J connectivity index is 1.59. The smallest absolute Gasteiger partial charge is 0.153 e. The molecule has 1 aliphatic carbocycles. The second-order valence-electron chi connectivity index (χ2n) is 5.54. The lowest BCUT2D eigenvalue weighted by atomic mass is 9.96. The van der Waals surface area contributed by atoms with Crippen LogP contribution in [0.15, 0.2) is 0 Å². The van der Waals surface area contributed by atoms with Gasteiger partial charge in [0.25, 0.3) is 0 Å². The molecule has 1 saturated carbocycles. The highest BCUT2D eigenvalue weighted by Crippen LogP contribution is 2.32. The zero-order valence-electron chi connectivity index (χ0n) is 10.4. The van der Waals surface area contributed by atoms with Gasteiger partial charge in [-0.1, -0.05) is 12.8 Å². The van der Waals surface area contributed by atoms with Crippen molar-refractivity contribution < 1.29 is 0 Å². The molecule has 0 aromatic carbocycles. The average Bonchev–Trinajstić information content (AvgIpc) is 3.00. The lowest BCUT2D eigenvalue weighted by molar-refractivity contribution is 0.371. The van der Waals surface area contributed by atoms with Gasteiger partial charge in [0, 0.05) is 12.3 Å². The minimum atomic E-state index is 0.629. The molecule has 0 bridgehead atoms. The molecule has 1 aliphatic heterocycles. The molecule has 2 N–H and O–H groups in total. The van der Waals surface area contributed by atoms with Gasteiger partial charge in [0.15, 0.2) is 5.82 Å². The molecule has 0 amide bonds. The number of piperidine rings is 1. The first-order valence-electron chi connectivity index (χ1n) is 7.04. The molecule has 4 heteroatoms. The van der Waals surface area contributed by atoms with Crippen LogP contribution in [-0.4, -0.2) is 28.3 Å². The van der Waals surface area contributed by atoms with Gasteiger partial charge in [-0.05, 0) is 44.7 Å². The maximum Gasteiger partial charge on any atom is 0.153 e. The van der Waals surface area contributed by atoms with Gasteiger partial charge < -0.3 is 5.32 Å². The summed E-state index contributed by atoms with van der Waals surface area (Å²) in [7, 11) is 0. The van der Waals surface area contributed by atoms with E-state index in [-0.39, 0.29) is 0 Å². The summed E-state index contributed by atoms with van der Waals surface area (Å²) in [4.78, 5) is 4.69. The molecule has 3 rings (SSSR count). The van der Waals surface area contributed by atoms with Gasteiger partial charge in [-0.15, -0.1) is 0 Å². The van der Waals surface area contributed by atoms with Gasteiger partial charge >= 0.3 is 0 Å². The van der Waals surface area contributed by atoms with Crippen molar-refractivity contribution >= 4 is 0 Å². The van der Waals surface area contributed by atoms with Crippen molar-refractivity contribution in [1.82, 2.24) is 20.5 Å². The van der Waals surface area contributed by atoms with E-state index in [1.54, 1.807) is 0 Å². The van der Waals surface area contributed by atoms with E-state index in [4.69, 9.17) is 4.98 Å². The van der Waals surface area contributed by atoms with Crippen LogP contribution in [0.25, 0.3) is 0 Å². The number of aromatic amines is 1. The fourth-order valence-corrected chi connectivity index (χ4v) is 3.14. The third-order valence-electron chi connectivity index (χ3n) is 4.15. The van der Waals surface area contributed by atoms with E-state index in [1.807, 2.05) is 0 Å². The number of H-pyrrole nitrogens is 1. The van der Waals surface area contributed by atoms with Crippen molar-refractivity contribution in [2.45, 2.75) is 50.9 Å². The summed E-state index contributed by atoms with van der Waals surface area (Å²) < 4.78 is 0. The Kier molecular flexibility index (Phi) is 3.41. The van der Waals surface area contributed by atoms with Crippen LogP contribution in [0, 0.1) is 5.92 Å². The lowest BCUT2D eigenvalue weighted by Crippen LogP contribution is -2.31. The number of hydrogen-bond acceptors (Lipinski definition) is 3. The van der Waals surface area contributed by atoms with Crippen molar-refractivity contribution in [2.75, 3.05) is 13.1 Å². The standard InChI is InChI=1S/C13H22N4/c1-2-6-11(5-1)13-15-12(16-17-13)8-10-4-3-7-14-9-10/h10-11,14H,1-9H2,(H,15,16,17). The monoisotopic (exact) mass is 234 g/mol. The first kappa shape index (κ1) is 11.2. The van der Waals surface area contributed by atoms with Gasteiger partial charge in [0.1, 0.15) is 5.82 Å². The van der Waals surface area contributed by atoms with Crippen LogP contribution in [0.3, 0.4) is 0 Å². The molecule has 2 heterocycles. The molecule has 1 atom stereocenters. The highest BCUT2D eigenvalue weighted by atomic mass is 15.2. The Morgan fingerprint density at radius 1 is 1.12 bits per heavy atom. The SMILES string of the molecule is C1CNCC(Cc2nc(C3CCCC3)n[nH]2)C1. The van der Waals surface area contributed by atoms with E-state index in [2.05, 4.69) is 15.5 Å². The first-order chi connectivity index (χ1) is 8.42. The molecule has 0 radical (unpaired) electrons. The van der Waals surface area contributed by atoms with Crippen molar-refractivity contribution in [2.24, 2.45) is 5.92 Å². The zero-order valence-corrected chi connectivity index (χ0v) is 10.4. The molecule has 2 fully saturated rings. The van der Waals surface area contributed by atoms with E-state index in [1.165, 1.54) is 45.1 Å². The van der Waals surface area contributed by atoms with Crippen LogP contribution < -0.4 is 5.32 Å². The molecule has 1 aromatic rings. The topological polar surface area (TPSA) is 53.6 Å². The zero-order chi connectivity index (χ0) is 11.5. The van der Waals surface area contributed by atoms with Crippen molar-refractivity contribution in [3.63, 3.8) is 0 Å². The molecule has 1 unspecified atom stereocenters. The third-order valence-corrected chi connectivity index (χ3v) is 4.15. The van der Waals surface area contributed by atoms with Gasteiger partial charge in [-0.25, -0.2) is 4.98 Å². The van der Waals surface area contributed by atoms with E-state index < -0.39 is 0 Å². The Morgan fingerprint density at radius 2 is 2.00 bits per heavy atom. The Morgan fingerprint density at radius 3 is 2.76 bits per heavy atom. The van der Waals surface area contributed by atoms with Gasteiger partial charge in [0.05, 0.1) is 0 Å². The Bertz CT molecular complexity index is 348. The normalized spacial score (nSPS) is 26.5. The highest BCUT2D eigenvalue weighted by Gasteiger charge is 2.22.